The summed E-state index contributed by atoms with van der Waals surface area (Å²) in [6.07, 6.45) is -0.897. The van der Waals surface area contributed by atoms with Crippen molar-refractivity contribution in [2.75, 3.05) is 0 Å². The lowest BCUT2D eigenvalue weighted by atomic mass is 10.1. The van der Waals surface area contributed by atoms with E-state index in [0.717, 1.165) is 16.8 Å². The fourth-order valence-corrected chi connectivity index (χ4v) is 2.61. The van der Waals surface area contributed by atoms with Gasteiger partial charge < -0.3 is 4.42 Å². The Morgan fingerprint density at radius 1 is 0.926 bits per heavy atom. The first-order chi connectivity index (χ1) is 13.1. The topological polar surface area (TPSA) is 69.6 Å². The highest BCUT2D eigenvalue weighted by atomic mass is 19.3. The van der Waals surface area contributed by atoms with Gasteiger partial charge in [0.15, 0.2) is 0 Å². The van der Waals surface area contributed by atoms with E-state index in [4.69, 9.17) is 4.42 Å². The van der Waals surface area contributed by atoms with Gasteiger partial charge in [0.05, 0.1) is 12.7 Å². The first-order valence-electron chi connectivity index (χ1n) is 8.26. The number of halogens is 2. The molecule has 0 N–H and O–H groups in total. The molecule has 2 heterocycles. The first kappa shape index (κ1) is 17.0. The lowest BCUT2D eigenvalue weighted by molar-refractivity contribution is 0.116. The van der Waals surface area contributed by atoms with Crippen LogP contribution in [-0.4, -0.2) is 25.2 Å². The second kappa shape index (κ2) is 7.06. The zero-order valence-corrected chi connectivity index (χ0v) is 14.4. The Hall–Kier alpha value is -3.42. The van der Waals surface area contributed by atoms with Crippen molar-refractivity contribution in [2.24, 2.45) is 0 Å². The number of rotatable bonds is 5. The summed E-state index contributed by atoms with van der Waals surface area (Å²) in [6.45, 7) is 2.57. The number of aryl methyl sites for hydroxylation is 1. The molecule has 0 aliphatic carbocycles. The van der Waals surface area contributed by atoms with Gasteiger partial charge in [-0.2, -0.15) is 8.78 Å². The third kappa shape index (κ3) is 3.74. The van der Waals surface area contributed by atoms with Gasteiger partial charge in [0.25, 0.3) is 5.89 Å². The van der Waals surface area contributed by atoms with Crippen LogP contribution in [0.5, 0.6) is 0 Å². The maximum absolute atomic E-state index is 12.5. The molecule has 8 heteroatoms. The van der Waals surface area contributed by atoms with Crippen LogP contribution in [0.25, 0.3) is 22.7 Å². The molecule has 0 aliphatic heterocycles. The van der Waals surface area contributed by atoms with Gasteiger partial charge in [-0.15, -0.1) is 15.3 Å². The van der Waals surface area contributed by atoms with E-state index in [1.807, 2.05) is 49.5 Å². The van der Waals surface area contributed by atoms with Crippen molar-refractivity contribution in [1.82, 2.24) is 25.2 Å². The van der Waals surface area contributed by atoms with Crippen LogP contribution >= 0.6 is 0 Å². The minimum Gasteiger partial charge on any atom is -0.415 e. The molecule has 4 rings (SSSR count). The van der Waals surface area contributed by atoms with E-state index in [-0.39, 0.29) is 5.89 Å². The van der Waals surface area contributed by atoms with E-state index < -0.39 is 12.3 Å². The lowest BCUT2D eigenvalue weighted by Gasteiger charge is -2.02. The summed E-state index contributed by atoms with van der Waals surface area (Å²) < 4.78 is 31.8. The summed E-state index contributed by atoms with van der Waals surface area (Å²) in [5, 5.41) is 15.3. The average molecular weight is 367 g/mol. The van der Waals surface area contributed by atoms with Crippen LogP contribution in [0.4, 0.5) is 8.78 Å². The van der Waals surface area contributed by atoms with Crippen molar-refractivity contribution < 1.29 is 13.2 Å². The highest BCUT2D eigenvalue weighted by Crippen LogP contribution is 2.23. The van der Waals surface area contributed by atoms with Crippen LogP contribution < -0.4 is 0 Å². The Morgan fingerprint density at radius 3 is 2.30 bits per heavy atom. The van der Waals surface area contributed by atoms with Gasteiger partial charge in [-0.1, -0.05) is 47.2 Å². The Labute approximate surface area is 153 Å². The fourth-order valence-electron chi connectivity index (χ4n) is 2.61. The number of aromatic nitrogens is 5. The predicted molar refractivity (Wildman–Crippen MR) is 94.0 cm³/mol. The van der Waals surface area contributed by atoms with Crippen molar-refractivity contribution in [1.29, 1.82) is 0 Å². The molecule has 0 atom stereocenters. The highest BCUT2D eigenvalue weighted by Gasteiger charge is 2.16. The minimum absolute atomic E-state index is 0.0688. The van der Waals surface area contributed by atoms with Gasteiger partial charge in [-0.3, -0.25) is 0 Å². The highest BCUT2D eigenvalue weighted by molar-refractivity contribution is 5.58. The molecule has 0 unspecified atom stereocenters. The number of hydrogen-bond donors (Lipinski definition) is 0. The van der Waals surface area contributed by atoms with E-state index in [9.17, 15) is 8.78 Å². The fraction of sp³-hybridized carbons (Fsp3) is 0.158. The average Bonchev–Trinajstić information content (AvgIpc) is 3.33. The molecule has 0 fully saturated rings. The molecule has 0 aliphatic rings. The Kier molecular flexibility index (Phi) is 4.45. The molecule has 4 aromatic rings. The van der Waals surface area contributed by atoms with Crippen LogP contribution in [0.2, 0.25) is 0 Å². The number of hydrogen-bond acceptors (Lipinski definition) is 5. The van der Waals surface area contributed by atoms with Crippen LogP contribution in [0.3, 0.4) is 0 Å². The molecular formula is C19H15F2N5O. The van der Waals surface area contributed by atoms with Gasteiger partial charge in [-0.25, -0.2) is 4.68 Å². The molecule has 0 amide bonds. The summed E-state index contributed by atoms with van der Waals surface area (Å²) in [5.74, 6) is -0.611. The number of nitrogens with zero attached hydrogens (tertiary/aromatic N) is 5. The van der Waals surface area contributed by atoms with Crippen LogP contribution in [0.1, 0.15) is 23.4 Å². The van der Waals surface area contributed by atoms with Crippen molar-refractivity contribution in [2.45, 2.75) is 19.9 Å². The summed E-state index contributed by atoms with van der Waals surface area (Å²) in [4.78, 5) is 0. The summed E-state index contributed by atoms with van der Waals surface area (Å²) >= 11 is 0. The number of alkyl halides is 2. The zero-order chi connectivity index (χ0) is 18.8. The molecule has 6 nitrogen and oxygen atoms in total. The Morgan fingerprint density at radius 2 is 1.63 bits per heavy atom. The quantitative estimate of drug-likeness (QED) is 0.526. The molecule has 2 aromatic carbocycles. The van der Waals surface area contributed by atoms with Gasteiger partial charge in [0.2, 0.25) is 5.89 Å². The minimum atomic E-state index is -2.78. The first-order valence-corrected chi connectivity index (χ1v) is 8.26. The standard InChI is InChI=1S/C19H15F2N5O/c1-12-2-6-14(7-3-12)16-11-26(25-22-16)10-13-4-8-15(9-5-13)18-23-24-19(27-18)17(20)21/h2-9,11,17H,10H2,1H3. The third-order valence-electron chi connectivity index (χ3n) is 4.06. The lowest BCUT2D eigenvalue weighted by Crippen LogP contribution is -2.00. The largest absolute Gasteiger partial charge is 0.415 e. The molecule has 0 spiro atoms. The predicted octanol–water partition coefficient (Wildman–Crippen LogP) is 4.29. The normalized spacial score (nSPS) is 11.3. The molecule has 2 aromatic heterocycles. The molecule has 0 saturated carbocycles. The van der Waals surface area contributed by atoms with Gasteiger partial charge in [0.1, 0.15) is 5.69 Å². The smallest absolute Gasteiger partial charge is 0.314 e. The van der Waals surface area contributed by atoms with Crippen molar-refractivity contribution >= 4 is 0 Å². The summed E-state index contributed by atoms with van der Waals surface area (Å²) in [6, 6.07) is 15.3. The van der Waals surface area contributed by atoms with Gasteiger partial charge in [-0.05, 0) is 24.6 Å². The second-order valence-electron chi connectivity index (χ2n) is 6.11. The van der Waals surface area contributed by atoms with E-state index in [2.05, 4.69) is 20.5 Å². The Bertz CT molecular complexity index is 1040. The molecule has 27 heavy (non-hydrogen) atoms. The Balaban J connectivity index is 1.48. The van der Waals surface area contributed by atoms with Crippen LogP contribution in [0.15, 0.2) is 59.1 Å². The van der Waals surface area contributed by atoms with E-state index >= 15 is 0 Å². The molecule has 136 valence electrons. The maximum Gasteiger partial charge on any atom is 0.314 e. The van der Waals surface area contributed by atoms with E-state index in [0.29, 0.717) is 12.1 Å². The second-order valence-corrected chi connectivity index (χ2v) is 6.11. The number of benzene rings is 2. The molecule has 0 radical (unpaired) electrons. The summed E-state index contributed by atoms with van der Waals surface area (Å²) in [5.41, 5.74) is 4.56. The maximum atomic E-state index is 12.5. The molecular weight excluding hydrogens is 352 g/mol. The van der Waals surface area contributed by atoms with Gasteiger partial charge >= 0.3 is 6.43 Å². The van der Waals surface area contributed by atoms with Crippen LogP contribution in [-0.2, 0) is 6.54 Å². The SMILES string of the molecule is Cc1ccc(-c2cn(Cc3ccc(-c4nnc(C(F)F)o4)cc3)nn2)cc1. The zero-order valence-electron chi connectivity index (χ0n) is 14.4. The third-order valence-corrected chi connectivity index (χ3v) is 4.06. The van der Waals surface area contributed by atoms with Crippen molar-refractivity contribution in [3.63, 3.8) is 0 Å². The van der Waals surface area contributed by atoms with Crippen molar-refractivity contribution in [3.05, 3.63) is 71.7 Å². The monoisotopic (exact) mass is 367 g/mol. The van der Waals surface area contributed by atoms with E-state index in [1.54, 1.807) is 16.8 Å². The van der Waals surface area contributed by atoms with Crippen LogP contribution in [0, 0.1) is 6.92 Å². The molecule has 0 bridgehead atoms. The molecule has 0 saturated heterocycles. The van der Waals surface area contributed by atoms with Crippen molar-refractivity contribution in [3.8, 4) is 22.7 Å². The van der Waals surface area contributed by atoms with Gasteiger partial charge in [0, 0.05) is 11.1 Å². The summed E-state index contributed by atoms with van der Waals surface area (Å²) in [7, 11) is 0. The van der Waals surface area contributed by atoms with E-state index in [1.165, 1.54) is 5.56 Å².